The van der Waals surface area contributed by atoms with Crippen LogP contribution < -0.4 is 0 Å². The van der Waals surface area contributed by atoms with Crippen molar-refractivity contribution in [2.24, 2.45) is 0 Å². The van der Waals surface area contributed by atoms with Gasteiger partial charge in [0.1, 0.15) is 0 Å². The minimum Gasteiger partial charge on any atom is -0.424 e. The van der Waals surface area contributed by atoms with Gasteiger partial charge in [0.2, 0.25) is 11.8 Å². The van der Waals surface area contributed by atoms with Crippen molar-refractivity contribution in [1.29, 1.82) is 0 Å². The zero-order chi connectivity index (χ0) is 13.9. The van der Waals surface area contributed by atoms with E-state index in [9.17, 15) is 5.11 Å². The lowest BCUT2D eigenvalue weighted by atomic mass is 9.93. The van der Waals surface area contributed by atoms with E-state index in [1.165, 1.54) is 11.1 Å². The molecule has 20 heavy (non-hydrogen) atoms. The van der Waals surface area contributed by atoms with Crippen LogP contribution in [-0.2, 0) is 19.4 Å². The normalized spacial score (nSPS) is 19.0. The number of fused-ring (bicyclic) bond motifs is 1. The molecule has 0 spiro atoms. The summed E-state index contributed by atoms with van der Waals surface area (Å²) >= 11 is 0. The highest BCUT2D eigenvalue weighted by Gasteiger charge is 2.27. The van der Waals surface area contributed by atoms with Gasteiger partial charge in [0.25, 0.3) is 0 Å². The van der Waals surface area contributed by atoms with Crippen LogP contribution in [0.5, 0.6) is 0 Å². The Balaban J connectivity index is 1.80. The largest absolute Gasteiger partial charge is 0.424 e. The van der Waals surface area contributed by atoms with Gasteiger partial charge in [-0.1, -0.05) is 31.2 Å². The van der Waals surface area contributed by atoms with E-state index < -0.39 is 0 Å². The molecule has 3 rings (SSSR count). The fraction of sp³-hybridized carbons (Fsp3) is 0.467. The van der Waals surface area contributed by atoms with Gasteiger partial charge in [-0.05, 0) is 17.5 Å². The summed E-state index contributed by atoms with van der Waals surface area (Å²) in [6.07, 6.45) is 1.74. The molecule has 1 aromatic heterocycles. The van der Waals surface area contributed by atoms with Crippen molar-refractivity contribution >= 4 is 0 Å². The third-order valence-corrected chi connectivity index (χ3v) is 3.85. The first-order valence-electron chi connectivity index (χ1n) is 7.05. The molecule has 5 heteroatoms. The van der Waals surface area contributed by atoms with Gasteiger partial charge in [0.05, 0.1) is 19.2 Å². The zero-order valence-electron chi connectivity index (χ0n) is 11.6. The maximum absolute atomic E-state index is 9.73. The van der Waals surface area contributed by atoms with Crippen LogP contribution in [-0.4, -0.2) is 33.4 Å². The molecular weight excluding hydrogens is 254 g/mol. The van der Waals surface area contributed by atoms with E-state index in [1.807, 2.05) is 13.0 Å². The van der Waals surface area contributed by atoms with Gasteiger partial charge in [-0.15, -0.1) is 10.2 Å². The number of aliphatic hydroxyl groups excluding tert-OH is 1. The Morgan fingerprint density at radius 3 is 2.85 bits per heavy atom. The Morgan fingerprint density at radius 2 is 2.10 bits per heavy atom. The van der Waals surface area contributed by atoms with Gasteiger partial charge in [0, 0.05) is 13.0 Å². The predicted molar refractivity (Wildman–Crippen MR) is 74.1 cm³/mol. The topological polar surface area (TPSA) is 62.4 Å². The molecule has 0 saturated carbocycles. The smallest absolute Gasteiger partial charge is 0.230 e. The van der Waals surface area contributed by atoms with Crippen molar-refractivity contribution in [2.75, 3.05) is 13.2 Å². The molecule has 0 saturated heterocycles. The van der Waals surface area contributed by atoms with E-state index in [4.69, 9.17) is 4.42 Å². The average Bonchev–Trinajstić information content (AvgIpc) is 2.95. The number of hydrogen-bond donors (Lipinski definition) is 1. The molecule has 0 amide bonds. The quantitative estimate of drug-likeness (QED) is 0.919. The number of hydrogen-bond acceptors (Lipinski definition) is 5. The van der Waals surface area contributed by atoms with E-state index >= 15 is 0 Å². The molecule has 1 atom stereocenters. The zero-order valence-corrected chi connectivity index (χ0v) is 11.6. The SMILES string of the molecule is CCc1nnc(CN2CCc3ccccc3C2CO)o1. The molecule has 1 unspecified atom stereocenters. The second-order valence-electron chi connectivity index (χ2n) is 5.06. The Kier molecular flexibility index (Phi) is 3.80. The summed E-state index contributed by atoms with van der Waals surface area (Å²) in [7, 11) is 0. The molecule has 1 aromatic carbocycles. The summed E-state index contributed by atoms with van der Waals surface area (Å²) < 4.78 is 5.57. The molecule has 1 aliphatic heterocycles. The van der Waals surface area contributed by atoms with Crippen molar-refractivity contribution in [3.8, 4) is 0 Å². The van der Waals surface area contributed by atoms with Crippen LogP contribution >= 0.6 is 0 Å². The first-order valence-corrected chi connectivity index (χ1v) is 7.05. The Morgan fingerprint density at radius 1 is 1.30 bits per heavy atom. The fourth-order valence-electron chi connectivity index (χ4n) is 2.78. The first-order chi connectivity index (χ1) is 9.81. The average molecular weight is 273 g/mol. The summed E-state index contributed by atoms with van der Waals surface area (Å²) in [4.78, 5) is 2.20. The summed E-state index contributed by atoms with van der Waals surface area (Å²) in [5.74, 6) is 1.29. The molecule has 1 N–H and O–H groups in total. The fourth-order valence-corrected chi connectivity index (χ4v) is 2.78. The summed E-state index contributed by atoms with van der Waals surface area (Å²) in [5.41, 5.74) is 2.53. The van der Waals surface area contributed by atoms with E-state index in [1.54, 1.807) is 0 Å². The van der Waals surface area contributed by atoms with E-state index in [0.29, 0.717) is 18.3 Å². The third-order valence-electron chi connectivity index (χ3n) is 3.85. The van der Waals surface area contributed by atoms with Crippen molar-refractivity contribution in [3.63, 3.8) is 0 Å². The minimum absolute atomic E-state index is 0.0110. The summed E-state index contributed by atoms with van der Waals surface area (Å²) in [5, 5.41) is 17.8. The first kappa shape index (κ1) is 13.3. The number of rotatable bonds is 4. The van der Waals surface area contributed by atoms with Crippen molar-refractivity contribution in [2.45, 2.75) is 32.4 Å². The van der Waals surface area contributed by atoms with Crippen LogP contribution in [0.1, 0.15) is 35.9 Å². The second-order valence-corrected chi connectivity index (χ2v) is 5.06. The van der Waals surface area contributed by atoms with Crippen molar-refractivity contribution in [1.82, 2.24) is 15.1 Å². The lowest BCUT2D eigenvalue weighted by Crippen LogP contribution is -2.36. The van der Waals surface area contributed by atoms with Gasteiger partial charge >= 0.3 is 0 Å². The molecular formula is C15H19N3O2. The van der Waals surface area contributed by atoms with E-state index in [0.717, 1.165) is 19.4 Å². The maximum Gasteiger partial charge on any atom is 0.230 e. The minimum atomic E-state index is 0.0110. The maximum atomic E-state index is 9.73. The molecule has 0 radical (unpaired) electrons. The second kappa shape index (κ2) is 5.73. The highest BCUT2D eigenvalue weighted by atomic mass is 16.4. The van der Waals surface area contributed by atoms with Crippen molar-refractivity contribution in [3.05, 3.63) is 47.2 Å². The Bertz CT molecular complexity index is 582. The monoisotopic (exact) mass is 273 g/mol. The Labute approximate surface area is 118 Å². The van der Waals surface area contributed by atoms with Crippen LogP contribution in [0, 0.1) is 0 Å². The summed E-state index contributed by atoms with van der Waals surface area (Å²) in [6, 6.07) is 8.31. The van der Waals surface area contributed by atoms with Gasteiger partial charge in [-0.25, -0.2) is 0 Å². The highest BCUT2D eigenvalue weighted by Crippen LogP contribution is 2.30. The molecule has 0 bridgehead atoms. The predicted octanol–water partition coefficient (Wildman–Crippen LogP) is 1.72. The van der Waals surface area contributed by atoms with Gasteiger partial charge in [-0.2, -0.15) is 0 Å². The standard InChI is InChI=1S/C15H19N3O2/c1-2-14-16-17-15(20-14)9-18-8-7-11-5-3-4-6-12(11)13(18)10-19/h3-6,13,19H,2,7-10H2,1H3. The highest BCUT2D eigenvalue weighted by molar-refractivity contribution is 5.32. The number of benzene rings is 1. The molecule has 2 heterocycles. The Hall–Kier alpha value is -1.72. The number of nitrogens with zero attached hydrogens (tertiary/aromatic N) is 3. The summed E-state index contributed by atoms with van der Waals surface area (Å²) in [6.45, 7) is 3.58. The molecule has 1 aliphatic rings. The molecule has 5 nitrogen and oxygen atoms in total. The lowest BCUT2D eigenvalue weighted by molar-refractivity contribution is 0.0991. The van der Waals surface area contributed by atoms with Gasteiger partial charge < -0.3 is 9.52 Å². The molecule has 106 valence electrons. The number of aromatic nitrogens is 2. The van der Waals surface area contributed by atoms with Crippen LogP contribution in [0.4, 0.5) is 0 Å². The van der Waals surface area contributed by atoms with Crippen LogP contribution in [0.3, 0.4) is 0 Å². The lowest BCUT2D eigenvalue weighted by Gasteiger charge is -2.35. The van der Waals surface area contributed by atoms with Gasteiger partial charge in [-0.3, -0.25) is 4.90 Å². The van der Waals surface area contributed by atoms with E-state index in [2.05, 4.69) is 33.3 Å². The van der Waals surface area contributed by atoms with Crippen LogP contribution in [0.2, 0.25) is 0 Å². The number of aliphatic hydroxyl groups is 1. The molecule has 2 aromatic rings. The molecule has 0 fully saturated rings. The number of aryl methyl sites for hydroxylation is 1. The van der Waals surface area contributed by atoms with Gasteiger partial charge in [0.15, 0.2) is 0 Å². The third kappa shape index (κ3) is 2.46. The van der Waals surface area contributed by atoms with Crippen LogP contribution in [0.15, 0.2) is 28.7 Å². The van der Waals surface area contributed by atoms with Crippen LogP contribution in [0.25, 0.3) is 0 Å². The van der Waals surface area contributed by atoms with Crippen molar-refractivity contribution < 1.29 is 9.52 Å². The van der Waals surface area contributed by atoms with E-state index in [-0.39, 0.29) is 12.6 Å². The molecule has 0 aliphatic carbocycles.